The standard InChI is InChI=1S/C30H35N3O2/c34-28(31-24-5-6-24)26-14-25(7-8-27(26)33-10-9-22-3-1-2-4-23(22)18-33)32-29(35)30-15-19-11-20(16-30)13-21(12-19)17-30/h1-4,7-8,14,19-21,24H,5-6,9-13,15-18H2,(H,31,34)(H,32,35). The number of nitrogens with one attached hydrogen (secondary N) is 2. The van der Waals surface area contributed by atoms with Gasteiger partial charge in [0.2, 0.25) is 5.91 Å². The molecule has 0 radical (unpaired) electrons. The third-order valence-corrected chi connectivity index (χ3v) is 9.40. The van der Waals surface area contributed by atoms with Crippen LogP contribution in [0.5, 0.6) is 0 Å². The summed E-state index contributed by atoms with van der Waals surface area (Å²) in [7, 11) is 0. The summed E-state index contributed by atoms with van der Waals surface area (Å²) in [6.07, 6.45) is 10.2. The molecule has 2 amide bonds. The molecule has 1 aliphatic heterocycles. The average molecular weight is 470 g/mol. The predicted octanol–water partition coefficient (Wildman–Crippen LogP) is 5.30. The number of nitrogens with zero attached hydrogens (tertiary/aromatic N) is 1. The van der Waals surface area contributed by atoms with E-state index in [1.54, 1.807) is 0 Å². The molecular formula is C30H35N3O2. The Bertz CT molecular complexity index is 1150. The van der Waals surface area contributed by atoms with Crippen LogP contribution in [0.2, 0.25) is 0 Å². The first kappa shape index (κ1) is 21.5. The molecule has 0 unspecified atom stereocenters. The van der Waals surface area contributed by atoms with Gasteiger partial charge in [0.25, 0.3) is 5.91 Å². The van der Waals surface area contributed by atoms with Crippen molar-refractivity contribution in [3.8, 4) is 0 Å². The Balaban J connectivity index is 1.16. The smallest absolute Gasteiger partial charge is 0.253 e. The van der Waals surface area contributed by atoms with E-state index in [1.165, 1.54) is 30.4 Å². The average Bonchev–Trinajstić information content (AvgIpc) is 3.67. The van der Waals surface area contributed by atoms with Crippen LogP contribution in [-0.4, -0.2) is 24.4 Å². The molecule has 2 aromatic carbocycles. The SMILES string of the molecule is O=C(NC1CC1)c1cc(NC(=O)C23CC4CC(CC(C4)C2)C3)ccc1N1CCc2ccccc2C1. The highest BCUT2D eigenvalue weighted by molar-refractivity contribution is 6.03. The molecule has 2 N–H and O–H groups in total. The Morgan fingerprint density at radius 2 is 1.57 bits per heavy atom. The highest BCUT2D eigenvalue weighted by atomic mass is 16.2. The molecule has 182 valence electrons. The van der Waals surface area contributed by atoms with Gasteiger partial charge >= 0.3 is 0 Å². The molecule has 0 spiro atoms. The number of fused-ring (bicyclic) bond motifs is 1. The van der Waals surface area contributed by atoms with Gasteiger partial charge in [-0.15, -0.1) is 0 Å². The third kappa shape index (κ3) is 3.93. The molecule has 0 saturated heterocycles. The molecule has 35 heavy (non-hydrogen) atoms. The van der Waals surface area contributed by atoms with Crippen LogP contribution in [-0.2, 0) is 17.8 Å². The van der Waals surface area contributed by atoms with Gasteiger partial charge in [0.1, 0.15) is 0 Å². The van der Waals surface area contributed by atoms with Gasteiger partial charge in [-0.1, -0.05) is 24.3 Å². The first-order valence-corrected chi connectivity index (χ1v) is 13.6. The molecule has 5 heteroatoms. The lowest BCUT2D eigenvalue weighted by molar-refractivity contribution is -0.140. The van der Waals surface area contributed by atoms with Crippen molar-refractivity contribution in [2.75, 3.05) is 16.8 Å². The van der Waals surface area contributed by atoms with E-state index < -0.39 is 0 Å². The summed E-state index contributed by atoms with van der Waals surface area (Å²) in [6, 6.07) is 14.8. The van der Waals surface area contributed by atoms with Crippen LogP contribution in [0.15, 0.2) is 42.5 Å². The van der Waals surface area contributed by atoms with Crippen LogP contribution in [0.1, 0.15) is 72.9 Å². The van der Waals surface area contributed by atoms with E-state index in [-0.39, 0.29) is 17.2 Å². The summed E-state index contributed by atoms with van der Waals surface area (Å²) in [5.74, 6) is 2.36. The first-order chi connectivity index (χ1) is 17.0. The largest absolute Gasteiger partial charge is 0.366 e. The summed E-state index contributed by atoms with van der Waals surface area (Å²) >= 11 is 0. The van der Waals surface area contributed by atoms with E-state index in [2.05, 4.69) is 39.8 Å². The molecular weight excluding hydrogens is 434 g/mol. The second-order valence-corrected chi connectivity index (χ2v) is 12.1. The summed E-state index contributed by atoms with van der Waals surface area (Å²) in [5.41, 5.74) is 4.93. The van der Waals surface area contributed by atoms with Crippen molar-refractivity contribution in [3.63, 3.8) is 0 Å². The Labute approximate surface area is 207 Å². The Kier molecular flexibility index (Phi) is 4.97. The van der Waals surface area contributed by atoms with Crippen LogP contribution in [0.3, 0.4) is 0 Å². The van der Waals surface area contributed by atoms with E-state index >= 15 is 0 Å². The van der Waals surface area contributed by atoms with Crippen LogP contribution in [0.4, 0.5) is 11.4 Å². The quantitative estimate of drug-likeness (QED) is 0.625. The monoisotopic (exact) mass is 469 g/mol. The van der Waals surface area contributed by atoms with Crippen molar-refractivity contribution in [1.29, 1.82) is 0 Å². The van der Waals surface area contributed by atoms with Crippen LogP contribution >= 0.6 is 0 Å². The molecule has 5 nitrogen and oxygen atoms in total. The van der Waals surface area contributed by atoms with Gasteiger partial charge in [-0.25, -0.2) is 0 Å². The lowest BCUT2D eigenvalue weighted by Crippen LogP contribution is -2.51. The molecule has 5 saturated carbocycles. The molecule has 4 bridgehead atoms. The van der Waals surface area contributed by atoms with Gasteiger partial charge in [0.05, 0.1) is 11.0 Å². The van der Waals surface area contributed by atoms with E-state index in [0.29, 0.717) is 11.6 Å². The number of carbonyl (C=O) groups excluding carboxylic acids is 2. The van der Waals surface area contributed by atoms with E-state index in [1.807, 2.05) is 18.2 Å². The van der Waals surface area contributed by atoms with Crippen molar-refractivity contribution in [2.45, 2.75) is 70.4 Å². The third-order valence-electron chi connectivity index (χ3n) is 9.40. The van der Waals surface area contributed by atoms with Gasteiger partial charge in [0.15, 0.2) is 0 Å². The number of benzene rings is 2. The lowest BCUT2D eigenvalue weighted by Gasteiger charge is -2.55. The number of rotatable bonds is 5. The fourth-order valence-electron chi connectivity index (χ4n) is 7.92. The molecule has 1 heterocycles. The topological polar surface area (TPSA) is 61.4 Å². The zero-order valence-corrected chi connectivity index (χ0v) is 20.4. The summed E-state index contributed by atoms with van der Waals surface area (Å²) < 4.78 is 0. The van der Waals surface area contributed by atoms with Crippen LogP contribution in [0.25, 0.3) is 0 Å². The fraction of sp³-hybridized carbons (Fsp3) is 0.533. The lowest BCUT2D eigenvalue weighted by atomic mass is 9.49. The van der Waals surface area contributed by atoms with Crippen molar-refractivity contribution in [2.24, 2.45) is 23.2 Å². The molecule has 0 aromatic heterocycles. The number of anilines is 2. The Morgan fingerprint density at radius 1 is 0.886 bits per heavy atom. The minimum atomic E-state index is -0.194. The minimum Gasteiger partial charge on any atom is -0.366 e. The maximum absolute atomic E-state index is 13.6. The van der Waals surface area contributed by atoms with Crippen LogP contribution in [0, 0.1) is 23.2 Å². The van der Waals surface area contributed by atoms with E-state index in [9.17, 15) is 9.59 Å². The number of hydrogen-bond donors (Lipinski definition) is 2. The second-order valence-electron chi connectivity index (χ2n) is 12.1. The van der Waals surface area contributed by atoms with Crippen molar-refractivity contribution in [3.05, 3.63) is 59.2 Å². The van der Waals surface area contributed by atoms with Gasteiger partial charge in [-0.3, -0.25) is 9.59 Å². The van der Waals surface area contributed by atoms with Crippen molar-refractivity contribution < 1.29 is 9.59 Å². The molecule has 6 aliphatic rings. The number of hydrogen-bond acceptors (Lipinski definition) is 3. The molecule has 5 aliphatic carbocycles. The Morgan fingerprint density at radius 3 is 2.26 bits per heavy atom. The molecule has 5 fully saturated rings. The normalized spacial score (nSPS) is 30.6. The molecule has 2 aromatic rings. The summed E-state index contributed by atoms with van der Waals surface area (Å²) in [5, 5.41) is 6.45. The number of amides is 2. The van der Waals surface area contributed by atoms with Gasteiger partial charge in [0, 0.05) is 30.5 Å². The molecule has 0 atom stereocenters. The zero-order chi connectivity index (χ0) is 23.6. The Hall–Kier alpha value is -2.82. The van der Waals surface area contributed by atoms with Crippen molar-refractivity contribution >= 4 is 23.2 Å². The first-order valence-electron chi connectivity index (χ1n) is 13.6. The van der Waals surface area contributed by atoms with Gasteiger partial charge in [-0.05, 0) is 105 Å². The van der Waals surface area contributed by atoms with E-state index in [0.717, 1.165) is 80.7 Å². The number of carbonyl (C=O) groups is 2. The second kappa shape index (κ2) is 8.11. The highest BCUT2D eigenvalue weighted by Gasteiger charge is 2.54. The zero-order valence-electron chi connectivity index (χ0n) is 20.4. The van der Waals surface area contributed by atoms with Crippen molar-refractivity contribution in [1.82, 2.24) is 5.32 Å². The van der Waals surface area contributed by atoms with E-state index in [4.69, 9.17) is 0 Å². The van der Waals surface area contributed by atoms with Crippen LogP contribution < -0.4 is 15.5 Å². The summed E-state index contributed by atoms with van der Waals surface area (Å²) in [4.78, 5) is 29.3. The minimum absolute atomic E-state index is 0.0211. The summed E-state index contributed by atoms with van der Waals surface area (Å²) in [6.45, 7) is 1.69. The molecule has 8 rings (SSSR count). The fourth-order valence-corrected chi connectivity index (χ4v) is 7.92. The maximum atomic E-state index is 13.6. The highest BCUT2D eigenvalue weighted by Crippen LogP contribution is 2.60. The predicted molar refractivity (Wildman–Crippen MR) is 137 cm³/mol. The maximum Gasteiger partial charge on any atom is 0.253 e. The van der Waals surface area contributed by atoms with Gasteiger partial charge < -0.3 is 15.5 Å². The van der Waals surface area contributed by atoms with Gasteiger partial charge in [-0.2, -0.15) is 0 Å².